The fraction of sp³-hybridized carbons (Fsp3) is 0.412. The highest BCUT2D eigenvalue weighted by Gasteiger charge is 2.26. The van der Waals surface area contributed by atoms with Crippen molar-refractivity contribution in [3.63, 3.8) is 0 Å². The largest absolute Gasteiger partial charge is 0.496 e. The second-order valence-corrected chi connectivity index (χ2v) is 6.46. The summed E-state index contributed by atoms with van der Waals surface area (Å²) >= 11 is 1.48. The molecular formula is C17H20N2O2S. The van der Waals surface area contributed by atoms with Gasteiger partial charge in [0, 0.05) is 18.7 Å². The molecule has 116 valence electrons. The number of amides is 1. The zero-order valence-corrected chi connectivity index (χ0v) is 13.6. The van der Waals surface area contributed by atoms with Crippen molar-refractivity contribution in [3.8, 4) is 5.75 Å². The van der Waals surface area contributed by atoms with Crippen LogP contribution in [-0.2, 0) is 4.79 Å². The van der Waals surface area contributed by atoms with Crippen molar-refractivity contribution in [3.05, 3.63) is 34.7 Å². The van der Waals surface area contributed by atoms with Crippen molar-refractivity contribution >= 4 is 28.9 Å². The maximum Gasteiger partial charge on any atom is 0.286 e. The Morgan fingerprint density at radius 1 is 1.18 bits per heavy atom. The maximum atomic E-state index is 12.2. The number of hydrogen-bond donors (Lipinski definition) is 0. The first kappa shape index (κ1) is 15.2. The second kappa shape index (κ2) is 7.01. The minimum atomic E-state index is -0.143. The van der Waals surface area contributed by atoms with Crippen LogP contribution in [0.15, 0.2) is 34.2 Å². The molecule has 0 spiro atoms. The Morgan fingerprint density at radius 2 is 1.91 bits per heavy atom. The number of rotatable bonds is 2. The molecule has 0 aromatic heterocycles. The van der Waals surface area contributed by atoms with Crippen molar-refractivity contribution in [1.29, 1.82) is 0 Å². The number of nitrogens with zero attached hydrogens (tertiary/aromatic N) is 2. The van der Waals surface area contributed by atoms with Crippen LogP contribution in [0.2, 0.25) is 0 Å². The van der Waals surface area contributed by atoms with Gasteiger partial charge in [0.05, 0.1) is 12.0 Å². The van der Waals surface area contributed by atoms with E-state index in [1.54, 1.807) is 7.11 Å². The number of thioether (sulfide) groups is 1. The molecule has 1 amide bonds. The number of ether oxygens (including phenoxy) is 1. The zero-order chi connectivity index (χ0) is 15.4. The van der Waals surface area contributed by atoms with E-state index in [1.165, 1.54) is 37.4 Å². The van der Waals surface area contributed by atoms with Crippen LogP contribution in [0.4, 0.5) is 0 Å². The number of carbonyl (C=O) groups excluding carboxylic acids is 1. The van der Waals surface area contributed by atoms with Gasteiger partial charge < -0.3 is 9.64 Å². The summed E-state index contributed by atoms with van der Waals surface area (Å²) < 4.78 is 5.34. The molecule has 0 radical (unpaired) electrons. The van der Waals surface area contributed by atoms with Crippen LogP contribution in [0.1, 0.15) is 31.2 Å². The molecule has 0 aliphatic carbocycles. The Labute approximate surface area is 135 Å². The van der Waals surface area contributed by atoms with E-state index >= 15 is 0 Å². The molecule has 2 aliphatic rings. The summed E-state index contributed by atoms with van der Waals surface area (Å²) in [5.41, 5.74) is 0.910. The van der Waals surface area contributed by atoms with Crippen LogP contribution < -0.4 is 4.74 Å². The third-order valence-corrected chi connectivity index (χ3v) is 4.96. The molecule has 0 saturated carbocycles. The van der Waals surface area contributed by atoms with Crippen LogP contribution in [0.3, 0.4) is 0 Å². The topological polar surface area (TPSA) is 41.9 Å². The summed E-state index contributed by atoms with van der Waals surface area (Å²) in [5.74, 6) is 0.627. The molecule has 2 heterocycles. The van der Waals surface area contributed by atoms with Crippen molar-refractivity contribution in [2.24, 2.45) is 4.99 Å². The molecule has 0 unspecified atom stereocenters. The Balaban J connectivity index is 1.77. The molecule has 1 saturated heterocycles. The number of benzene rings is 1. The van der Waals surface area contributed by atoms with Crippen LogP contribution in [0.5, 0.6) is 5.75 Å². The molecular weight excluding hydrogens is 296 g/mol. The number of carbonyl (C=O) groups is 1. The minimum absolute atomic E-state index is 0.143. The SMILES string of the molecule is COc1ccccc1/C=C1/SC(N2CCCCCC2)=NC1=O. The van der Waals surface area contributed by atoms with E-state index < -0.39 is 0 Å². The number of amidine groups is 1. The Morgan fingerprint density at radius 3 is 2.64 bits per heavy atom. The van der Waals surface area contributed by atoms with E-state index in [9.17, 15) is 4.79 Å². The molecule has 1 fully saturated rings. The summed E-state index contributed by atoms with van der Waals surface area (Å²) in [6, 6.07) is 7.70. The first-order valence-corrected chi connectivity index (χ1v) is 8.50. The normalized spacial score (nSPS) is 21.0. The molecule has 5 heteroatoms. The van der Waals surface area contributed by atoms with E-state index in [0.717, 1.165) is 29.6 Å². The Bertz CT molecular complexity index is 617. The Kier molecular flexibility index (Phi) is 4.83. The molecule has 1 aromatic carbocycles. The van der Waals surface area contributed by atoms with Gasteiger partial charge in [-0.25, -0.2) is 0 Å². The lowest BCUT2D eigenvalue weighted by molar-refractivity contribution is -0.113. The second-order valence-electron chi connectivity index (χ2n) is 5.45. The van der Waals surface area contributed by atoms with Crippen LogP contribution in [-0.4, -0.2) is 36.2 Å². The average Bonchev–Trinajstić information content (AvgIpc) is 2.76. The van der Waals surface area contributed by atoms with Crippen molar-refractivity contribution in [2.75, 3.05) is 20.2 Å². The van der Waals surface area contributed by atoms with Gasteiger partial charge in [0.25, 0.3) is 5.91 Å². The third kappa shape index (κ3) is 3.35. The third-order valence-electron chi connectivity index (χ3n) is 3.91. The van der Waals surface area contributed by atoms with Crippen LogP contribution in [0, 0.1) is 0 Å². The highest BCUT2D eigenvalue weighted by Crippen LogP contribution is 2.32. The van der Waals surface area contributed by atoms with Gasteiger partial charge in [0.15, 0.2) is 5.17 Å². The summed E-state index contributed by atoms with van der Waals surface area (Å²) in [6.07, 6.45) is 6.78. The number of aliphatic imine (C=N–C) groups is 1. The van der Waals surface area contributed by atoms with Gasteiger partial charge >= 0.3 is 0 Å². The van der Waals surface area contributed by atoms with E-state index in [4.69, 9.17) is 4.74 Å². The number of hydrogen-bond acceptors (Lipinski definition) is 4. The number of para-hydroxylation sites is 1. The highest BCUT2D eigenvalue weighted by atomic mass is 32.2. The fourth-order valence-electron chi connectivity index (χ4n) is 2.72. The lowest BCUT2D eigenvalue weighted by Gasteiger charge is -2.20. The lowest BCUT2D eigenvalue weighted by atomic mass is 10.2. The van der Waals surface area contributed by atoms with Gasteiger partial charge in [-0.3, -0.25) is 4.79 Å². The molecule has 3 rings (SSSR count). The molecule has 22 heavy (non-hydrogen) atoms. The predicted molar refractivity (Wildman–Crippen MR) is 91.0 cm³/mol. The first-order chi connectivity index (χ1) is 10.8. The van der Waals surface area contributed by atoms with Gasteiger partial charge in [-0.2, -0.15) is 4.99 Å². The van der Waals surface area contributed by atoms with Crippen molar-refractivity contribution < 1.29 is 9.53 Å². The van der Waals surface area contributed by atoms with Crippen LogP contribution >= 0.6 is 11.8 Å². The van der Waals surface area contributed by atoms with Crippen LogP contribution in [0.25, 0.3) is 6.08 Å². The van der Waals surface area contributed by atoms with Crippen molar-refractivity contribution in [2.45, 2.75) is 25.7 Å². The quantitative estimate of drug-likeness (QED) is 0.783. The molecule has 1 aromatic rings. The predicted octanol–water partition coefficient (Wildman–Crippen LogP) is 3.54. The van der Waals surface area contributed by atoms with E-state index in [1.807, 2.05) is 30.3 Å². The number of likely N-dealkylation sites (tertiary alicyclic amines) is 1. The van der Waals surface area contributed by atoms with Gasteiger partial charge in [-0.1, -0.05) is 31.0 Å². The summed E-state index contributed by atoms with van der Waals surface area (Å²) in [7, 11) is 1.64. The molecule has 0 N–H and O–H groups in total. The number of methoxy groups -OCH3 is 1. The van der Waals surface area contributed by atoms with Gasteiger partial charge in [-0.15, -0.1) is 0 Å². The van der Waals surface area contributed by atoms with Gasteiger partial charge in [0.1, 0.15) is 5.75 Å². The van der Waals surface area contributed by atoms with E-state index in [0.29, 0.717) is 4.91 Å². The zero-order valence-electron chi connectivity index (χ0n) is 12.7. The fourth-order valence-corrected chi connectivity index (χ4v) is 3.68. The molecule has 0 atom stereocenters. The van der Waals surface area contributed by atoms with E-state index in [2.05, 4.69) is 9.89 Å². The Hall–Kier alpha value is -1.75. The monoisotopic (exact) mass is 316 g/mol. The smallest absolute Gasteiger partial charge is 0.286 e. The first-order valence-electron chi connectivity index (χ1n) is 7.68. The highest BCUT2D eigenvalue weighted by molar-refractivity contribution is 8.18. The molecule has 4 nitrogen and oxygen atoms in total. The van der Waals surface area contributed by atoms with Gasteiger partial charge in [-0.05, 0) is 36.7 Å². The molecule has 2 aliphatic heterocycles. The molecule has 0 bridgehead atoms. The summed E-state index contributed by atoms with van der Waals surface area (Å²) in [6.45, 7) is 2.00. The average molecular weight is 316 g/mol. The summed E-state index contributed by atoms with van der Waals surface area (Å²) in [4.78, 5) is 19.3. The maximum absolute atomic E-state index is 12.2. The lowest BCUT2D eigenvalue weighted by Crippen LogP contribution is -2.28. The standard InChI is InChI=1S/C17H20N2O2S/c1-21-14-9-5-4-8-13(14)12-15-16(20)18-17(22-15)19-10-6-2-3-7-11-19/h4-5,8-9,12H,2-3,6-7,10-11H2,1H3/b15-12+. The van der Waals surface area contributed by atoms with Crippen molar-refractivity contribution in [1.82, 2.24) is 4.90 Å². The minimum Gasteiger partial charge on any atom is -0.496 e. The summed E-state index contributed by atoms with van der Waals surface area (Å²) in [5, 5.41) is 0.855. The van der Waals surface area contributed by atoms with Gasteiger partial charge in [0.2, 0.25) is 0 Å². The van der Waals surface area contributed by atoms with E-state index in [-0.39, 0.29) is 5.91 Å².